The number of ether oxygens (including phenoxy) is 2. The molecule has 0 unspecified atom stereocenters. The molecule has 1 aliphatic heterocycles. The molecular formula is C17H27N3O5S. The highest BCUT2D eigenvalue weighted by Gasteiger charge is 2.29. The highest BCUT2D eigenvalue weighted by Crippen LogP contribution is 2.25. The van der Waals surface area contributed by atoms with Gasteiger partial charge in [-0.1, -0.05) is 12.1 Å². The van der Waals surface area contributed by atoms with E-state index in [0.717, 1.165) is 12.8 Å². The molecule has 1 amide bonds. The van der Waals surface area contributed by atoms with Gasteiger partial charge in [0.2, 0.25) is 0 Å². The number of carbonyl (C=O) groups excluding carboxylic acids is 1. The van der Waals surface area contributed by atoms with E-state index in [0.29, 0.717) is 31.1 Å². The molecule has 1 aliphatic rings. The van der Waals surface area contributed by atoms with E-state index in [9.17, 15) is 13.2 Å². The van der Waals surface area contributed by atoms with Crippen molar-refractivity contribution >= 4 is 16.1 Å². The fraction of sp³-hybridized carbons (Fsp3) is 0.588. The molecule has 0 aromatic heterocycles. The summed E-state index contributed by atoms with van der Waals surface area (Å²) in [4.78, 5) is 12.0. The van der Waals surface area contributed by atoms with E-state index in [1.54, 1.807) is 19.2 Å². The Morgan fingerprint density at radius 3 is 2.42 bits per heavy atom. The van der Waals surface area contributed by atoms with E-state index in [1.165, 1.54) is 22.7 Å². The summed E-state index contributed by atoms with van der Waals surface area (Å²) in [6, 6.07) is 7.15. The third-order valence-electron chi connectivity index (χ3n) is 4.38. The predicted molar refractivity (Wildman–Crippen MR) is 98.4 cm³/mol. The van der Waals surface area contributed by atoms with Crippen molar-refractivity contribution < 1.29 is 22.7 Å². The lowest BCUT2D eigenvalue weighted by atomic mass is 9.98. The number of rotatable bonds is 8. The molecule has 1 heterocycles. The molecule has 0 spiro atoms. The Hall–Kier alpha value is -1.84. The van der Waals surface area contributed by atoms with Crippen LogP contribution in [-0.4, -0.2) is 70.4 Å². The average molecular weight is 385 g/mol. The Bertz CT molecular complexity index is 700. The predicted octanol–water partition coefficient (Wildman–Crippen LogP) is 0.709. The molecule has 0 atom stereocenters. The van der Waals surface area contributed by atoms with Crippen molar-refractivity contribution in [2.75, 3.05) is 47.4 Å². The molecule has 0 bridgehead atoms. The lowest BCUT2D eigenvalue weighted by Gasteiger charge is -2.32. The summed E-state index contributed by atoms with van der Waals surface area (Å²) in [6.07, 6.45) is 1.45. The second kappa shape index (κ2) is 9.20. The second-order valence-electron chi connectivity index (χ2n) is 6.38. The molecule has 1 N–H and O–H groups in total. The number of amides is 1. The maximum atomic E-state index is 12.1. The van der Waals surface area contributed by atoms with E-state index in [2.05, 4.69) is 5.32 Å². The first-order valence-corrected chi connectivity index (χ1v) is 9.94. The van der Waals surface area contributed by atoms with Crippen molar-refractivity contribution in [3.8, 4) is 11.5 Å². The van der Waals surface area contributed by atoms with Crippen molar-refractivity contribution in [1.82, 2.24) is 13.9 Å². The molecular weight excluding hydrogens is 358 g/mol. The third-order valence-corrected chi connectivity index (χ3v) is 6.32. The van der Waals surface area contributed by atoms with Gasteiger partial charge in [-0.3, -0.25) is 4.79 Å². The minimum absolute atomic E-state index is 0.0891. The van der Waals surface area contributed by atoms with Gasteiger partial charge in [0.1, 0.15) is 0 Å². The summed E-state index contributed by atoms with van der Waals surface area (Å²) in [5.74, 6) is 1.15. The number of piperidine rings is 1. The smallest absolute Gasteiger partial charge is 0.281 e. The highest BCUT2D eigenvalue weighted by atomic mass is 32.2. The average Bonchev–Trinajstić information content (AvgIpc) is 2.65. The zero-order valence-corrected chi connectivity index (χ0v) is 16.3. The van der Waals surface area contributed by atoms with Gasteiger partial charge in [0.15, 0.2) is 18.1 Å². The van der Waals surface area contributed by atoms with Crippen LogP contribution in [0.25, 0.3) is 0 Å². The third kappa shape index (κ3) is 5.33. The van der Waals surface area contributed by atoms with Crippen LogP contribution in [0.2, 0.25) is 0 Å². The lowest BCUT2D eigenvalue weighted by molar-refractivity contribution is -0.123. The van der Waals surface area contributed by atoms with Crippen LogP contribution in [0.1, 0.15) is 12.8 Å². The van der Waals surface area contributed by atoms with Gasteiger partial charge in [-0.05, 0) is 30.9 Å². The van der Waals surface area contributed by atoms with Gasteiger partial charge >= 0.3 is 0 Å². The molecule has 1 saturated heterocycles. The molecule has 1 aromatic rings. The van der Waals surface area contributed by atoms with Crippen molar-refractivity contribution in [1.29, 1.82) is 0 Å². The fourth-order valence-electron chi connectivity index (χ4n) is 2.77. The number of nitrogens with one attached hydrogen (secondary N) is 1. The van der Waals surface area contributed by atoms with Crippen molar-refractivity contribution in [3.05, 3.63) is 24.3 Å². The van der Waals surface area contributed by atoms with Crippen LogP contribution in [0.4, 0.5) is 0 Å². The number of hydrogen-bond donors (Lipinski definition) is 1. The standard InChI is InChI=1S/C17H27N3O5S/c1-19(2)26(22,23)20-10-8-14(9-11-20)12-18-17(21)13-25-16-7-5-4-6-15(16)24-3/h4-7,14H,8-13H2,1-3H3,(H,18,21). The van der Waals surface area contributed by atoms with E-state index in [4.69, 9.17) is 9.47 Å². The van der Waals surface area contributed by atoms with Crippen LogP contribution in [0.15, 0.2) is 24.3 Å². The largest absolute Gasteiger partial charge is 0.493 e. The number of methoxy groups -OCH3 is 1. The van der Waals surface area contributed by atoms with Crippen LogP contribution in [0.3, 0.4) is 0 Å². The SMILES string of the molecule is COc1ccccc1OCC(=O)NCC1CCN(S(=O)(=O)N(C)C)CC1. The Morgan fingerprint density at radius 2 is 1.85 bits per heavy atom. The van der Waals surface area contributed by atoms with E-state index >= 15 is 0 Å². The van der Waals surface area contributed by atoms with Gasteiger partial charge in [0, 0.05) is 33.7 Å². The number of para-hydroxylation sites is 2. The quantitative estimate of drug-likeness (QED) is 0.712. The molecule has 1 aromatic carbocycles. The molecule has 1 fully saturated rings. The normalized spacial score (nSPS) is 16.5. The van der Waals surface area contributed by atoms with Gasteiger partial charge < -0.3 is 14.8 Å². The van der Waals surface area contributed by atoms with Gasteiger partial charge in [0.05, 0.1) is 7.11 Å². The van der Waals surface area contributed by atoms with Gasteiger partial charge in [-0.2, -0.15) is 17.0 Å². The van der Waals surface area contributed by atoms with Crippen LogP contribution in [0.5, 0.6) is 11.5 Å². The zero-order chi connectivity index (χ0) is 19.2. The van der Waals surface area contributed by atoms with Crippen LogP contribution >= 0.6 is 0 Å². The molecule has 0 saturated carbocycles. The summed E-state index contributed by atoms with van der Waals surface area (Å²) >= 11 is 0. The van der Waals surface area contributed by atoms with E-state index in [1.807, 2.05) is 12.1 Å². The lowest BCUT2D eigenvalue weighted by Crippen LogP contribution is -2.46. The number of hydrogen-bond acceptors (Lipinski definition) is 5. The molecule has 146 valence electrons. The van der Waals surface area contributed by atoms with Gasteiger partial charge in [0.25, 0.3) is 16.1 Å². The zero-order valence-electron chi connectivity index (χ0n) is 15.5. The summed E-state index contributed by atoms with van der Waals surface area (Å²) in [5, 5.41) is 2.85. The van der Waals surface area contributed by atoms with Crippen molar-refractivity contribution in [3.63, 3.8) is 0 Å². The molecule has 8 nitrogen and oxygen atoms in total. The monoisotopic (exact) mass is 385 g/mol. The first-order valence-electron chi connectivity index (χ1n) is 8.54. The maximum absolute atomic E-state index is 12.1. The Morgan fingerprint density at radius 1 is 1.23 bits per heavy atom. The topological polar surface area (TPSA) is 88.2 Å². The highest BCUT2D eigenvalue weighted by molar-refractivity contribution is 7.86. The Kier molecular flexibility index (Phi) is 7.24. The Labute approximate surface area is 155 Å². The van der Waals surface area contributed by atoms with Crippen molar-refractivity contribution in [2.24, 2.45) is 5.92 Å². The summed E-state index contributed by atoms with van der Waals surface area (Å²) in [7, 11) is 1.26. The second-order valence-corrected chi connectivity index (χ2v) is 8.52. The van der Waals surface area contributed by atoms with Crippen LogP contribution < -0.4 is 14.8 Å². The minimum atomic E-state index is -3.35. The summed E-state index contributed by atoms with van der Waals surface area (Å²) in [6.45, 7) is 1.37. The molecule has 0 radical (unpaired) electrons. The van der Waals surface area contributed by atoms with Crippen molar-refractivity contribution in [2.45, 2.75) is 12.8 Å². The molecule has 9 heteroatoms. The maximum Gasteiger partial charge on any atom is 0.281 e. The fourth-order valence-corrected chi connectivity index (χ4v) is 3.90. The molecule has 0 aliphatic carbocycles. The van der Waals surface area contributed by atoms with E-state index in [-0.39, 0.29) is 18.4 Å². The first-order chi connectivity index (χ1) is 12.3. The minimum Gasteiger partial charge on any atom is -0.493 e. The van der Waals surface area contributed by atoms with Gasteiger partial charge in [-0.15, -0.1) is 0 Å². The van der Waals surface area contributed by atoms with Gasteiger partial charge in [-0.25, -0.2) is 0 Å². The molecule has 26 heavy (non-hydrogen) atoms. The summed E-state index contributed by atoms with van der Waals surface area (Å²) < 4.78 is 37.5. The number of carbonyl (C=O) groups is 1. The first kappa shape index (κ1) is 20.5. The van der Waals surface area contributed by atoms with Crippen LogP contribution in [0, 0.1) is 5.92 Å². The Balaban J connectivity index is 1.72. The van der Waals surface area contributed by atoms with Crippen LogP contribution in [-0.2, 0) is 15.0 Å². The molecule has 2 rings (SSSR count). The number of benzene rings is 1. The summed E-state index contributed by atoms with van der Waals surface area (Å²) in [5.41, 5.74) is 0. The number of nitrogens with zero attached hydrogens (tertiary/aromatic N) is 2. The van der Waals surface area contributed by atoms with E-state index < -0.39 is 10.2 Å².